The predicted molar refractivity (Wildman–Crippen MR) is 65.5 cm³/mol. The molecule has 0 radical (unpaired) electrons. The number of likely N-dealkylation sites (tertiary alicyclic amines) is 1. The largest absolute Gasteiger partial charge is 0.388 e. The molecular weight excluding hydrogens is 216 g/mol. The van der Waals surface area contributed by atoms with Gasteiger partial charge in [-0.1, -0.05) is 0 Å². The Balaban J connectivity index is 1.71. The van der Waals surface area contributed by atoms with Crippen molar-refractivity contribution >= 4 is 5.91 Å². The quantitative estimate of drug-likeness (QED) is 0.855. The summed E-state index contributed by atoms with van der Waals surface area (Å²) in [6.45, 7) is 3.84. The highest BCUT2D eigenvalue weighted by atomic mass is 16.3. The number of β-amino-alcohol motifs (C(OH)–C–C–N with tert-alkyl or cyclic N) is 1. The molecule has 1 N–H and O–H groups in total. The third-order valence-electron chi connectivity index (χ3n) is 3.28. The molecule has 0 unspecified atom stereocenters. The van der Waals surface area contributed by atoms with Crippen LogP contribution in [0.5, 0.6) is 0 Å². The molecule has 1 saturated heterocycles. The van der Waals surface area contributed by atoms with E-state index in [1.54, 1.807) is 11.8 Å². The second-order valence-corrected chi connectivity index (χ2v) is 5.09. The zero-order valence-corrected chi connectivity index (χ0v) is 10.3. The van der Waals surface area contributed by atoms with Crippen LogP contribution in [0.4, 0.5) is 0 Å². The van der Waals surface area contributed by atoms with E-state index in [2.05, 4.69) is 4.57 Å². The number of hydrogen-bond acceptors (Lipinski definition) is 2. The van der Waals surface area contributed by atoms with Gasteiger partial charge in [-0.3, -0.25) is 4.79 Å². The summed E-state index contributed by atoms with van der Waals surface area (Å²) in [6, 6.07) is 3.97. The van der Waals surface area contributed by atoms with Crippen LogP contribution in [0.25, 0.3) is 0 Å². The lowest BCUT2D eigenvalue weighted by atomic mass is 10.1. The minimum Gasteiger partial charge on any atom is -0.388 e. The highest BCUT2D eigenvalue weighted by molar-refractivity contribution is 5.76. The summed E-state index contributed by atoms with van der Waals surface area (Å²) in [5.41, 5.74) is -0.684. The molecule has 0 saturated carbocycles. The topological polar surface area (TPSA) is 45.5 Å². The van der Waals surface area contributed by atoms with Crippen molar-refractivity contribution in [3.63, 3.8) is 0 Å². The van der Waals surface area contributed by atoms with Gasteiger partial charge in [0.1, 0.15) is 0 Å². The summed E-state index contributed by atoms with van der Waals surface area (Å²) >= 11 is 0. The Morgan fingerprint density at radius 3 is 2.71 bits per heavy atom. The molecule has 2 heterocycles. The first-order chi connectivity index (χ1) is 8.07. The number of hydrogen-bond donors (Lipinski definition) is 1. The van der Waals surface area contributed by atoms with E-state index < -0.39 is 5.60 Å². The van der Waals surface area contributed by atoms with Crippen molar-refractivity contribution in [1.82, 2.24) is 9.47 Å². The number of nitrogens with zero attached hydrogens (tertiary/aromatic N) is 2. The van der Waals surface area contributed by atoms with Crippen molar-refractivity contribution in [2.45, 2.75) is 38.3 Å². The molecule has 1 amide bonds. The van der Waals surface area contributed by atoms with E-state index in [1.165, 1.54) is 0 Å². The zero-order valence-electron chi connectivity index (χ0n) is 10.3. The highest BCUT2D eigenvalue weighted by Crippen LogP contribution is 2.21. The van der Waals surface area contributed by atoms with Crippen LogP contribution in [0.3, 0.4) is 0 Å². The van der Waals surface area contributed by atoms with Gasteiger partial charge in [0, 0.05) is 38.4 Å². The molecule has 2 rings (SSSR count). The van der Waals surface area contributed by atoms with Crippen LogP contribution in [-0.2, 0) is 11.3 Å². The molecular formula is C13H20N2O2. The maximum atomic E-state index is 11.9. The fraction of sp³-hybridized carbons (Fsp3) is 0.615. The summed E-state index contributed by atoms with van der Waals surface area (Å²) in [5, 5.41) is 9.79. The number of amides is 1. The number of aromatic nitrogens is 1. The Labute approximate surface area is 102 Å². The van der Waals surface area contributed by atoms with Crippen LogP contribution in [-0.4, -0.2) is 39.2 Å². The lowest BCUT2D eigenvalue weighted by Crippen LogP contribution is -2.33. The molecule has 0 bridgehead atoms. The first kappa shape index (κ1) is 12.2. The van der Waals surface area contributed by atoms with Gasteiger partial charge in [-0.15, -0.1) is 0 Å². The van der Waals surface area contributed by atoms with Crippen molar-refractivity contribution in [3.8, 4) is 0 Å². The van der Waals surface area contributed by atoms with E-state index in [0.29, 0.717) is 25.9 Å². The summed E-state index contributed by atoms with van der Waals surface area (Å²) in [7, 11) is 0. The average molecular weight is 236 g/mol. The monoisotopic (exact) mass is 236 g/mol. The van der Waals surface area contributed by atoms with Crippen molar-refractivity contribution < 1.29 is 9.90 Å². The molecule has 1 aromatic heterocycles. The molecule has 4 heteroatoms. The molecule has 94 valence electrons. The number of carbonyl (C=O) groups excluding carboxylic acids is 1. The van der Waals surface area contributed by atoms with Gasteiger partial charge in [-0.25, -0.2) is 0 Å². The molecule has 1 aliphatic rings. The number of aliphatic hydroxyl groups is 1. The predicted octanol–water partition coefficient (Wildman–Crippen LogP) is 1.25. The second kappa shape index (κ2) is 4.92. The van der Waals surface area contributed by atoms with Crippen LogP contribution in [0.2, 0.25) is 0 Å². The van der Waals surface area contributed by atoms with Crippen LogP contribution < -0.4 is 0 Å². The molecule has 0 aliphatic carbocycles. The Bertz CT molecular complexity index is 371. The zero-order chi connectivity index (χ0) is 12.3. The van der Waals surface area contributed by atoms with Crippen molar-refractivity contribution in [2.75, 3.05) is 13.1 Å². The molecule has 4 nitrogen and oxygen atoms in total. The maximum Gasteiger partial charge on any atom is 0.222 e. The summed E-state index contributed by atoms with van der Waals surface area (Å²) in [5.74, 6) is 0.162. The van der Waals surface area contributed by atoms with Gasteiger partial charge in [0.05, 0.1) is 5.60 Å². The molecule has 0 aromatic carbocycles. The number of carbonyl (C=O) groups is 1. The van der Waals surface area contributed by atoms with Crippen molar-refractivity contribution in [1.29, 1.82) is 0 Å². The van der Waals surface area contributed by atoms with E-state index in [-0.39, 0.29) is 5.91 Å². The van der Waals surface area contributed by atoms with Crippen molar-refractivity contribution in [3.05, 3.63) is 24.5 Å². The Morgan fingerprint density at radius 1 is 1.41 bits per heavy atom. The maximum absolute atomic E-state index is 11.9. The first-order valence-electron chi connectivity index (χ1n) is 6.18. The number of aryl methyl sites for hydroxylation is 1. The minimum absolute atomic E-state index is 0.162. The van der Waals surface area contributed by atoms with Gasteiger partial charge in [-0.2, -0.15) is 0 Å². The average Bonchev–Trinajstić information content (AvgIpc) is 2.87. The molecule has 1 fully saturated rings. The Morgan fingerprint density at radius 2 is 2.12 bits per heavy atom. The second-order valence-electron chi connectivity index (χ2n) is 5.09. The van der Waals surface area contributed by atoms with Crippen LogP contribution >= 0.6 is 0 Å². The van der Waals surface area contributed by atoms with Gasteiger partial charge in [-0.05, 0) is 31.9 Å². The lowest BCUT2D eigenvalue weighted by Gasteiger charge is -2.19. The third kappa shape index (κ3) is 3.33. The molecule has 17 heavy (non-hydrogen) atoms. The van der Waals surface area contributed by atoms with Crippen LogP contribution in [0, 0.1) is 0 Å². The van der Waals surface area contributed by atoms with E-state index in [4.69, 9.17) is 0 Å². The fourth-order valence-corrected chi connectivity index (χ4v) is 2.25. The third-order valence-corrected chi connectivity index (χ3v) is 3.28. The van der Waals surface area contributed by atoms with Crippen LogP contribution in [0.1, 0.15) is 26.2 Å². The minimum atomic E-state index is -0.684. The molecule has 1 atom stereocenters. The molecule has 1 aliphatic heterocycles. The smallest absolute Gasteiger partial charge is 0.222 e. The summed E-state index contributed by atoms with van der Waals surface area (Å²) < 4.78 is 2.08. The van der Waals surface area contributed by atoms with Gasteiger partial charge in [0.25, 0.3) is 0 Å². The summed E-state index contributed by atoms with van der Waals surface area (Å²) in [6.07, 6.45) is 6.12. The Hall–Kier alpha value is -1.29. The van der Waals surface area contributed by atoms with Gasteiger partial charge < -0.3 is 14.6 Å². The normalized spacial score (nSPS) is 24.2. The SMILES string of the molecule is C[C@@]1(O)CCN(C(=O)CCCn2cccc2)C1. The molecule has 0 spiro atoms. The standard InChI is InChI=1S/C13H20N2O2/c1-13(17)6-10-15(11-13)12(16)5-4-9-14-7-2-3-8-14/h2-3,7-8,17H,4-6,9-11H2,1H3/t13-/m1/s1. The van der Waals surface area contributed by atoms with E-state index in [1.807, 2.05) is 24.5 Å². The highest BCUT2D eigenvalue weighted by Gasteiger charge is 2.33. The fourth-order valence-electron chi connectivity index (χ4n) is 2.25. The van der Waals surface area contributed by atoms with E-state index in [9.17, 15) is 9.90 Å². The van der Waals surface area contributed by atoms with Gasteiger partial charge >= 0.3 is 0 Å². The summed E-state index contributed by atoms with van der Waals surface area (Å²) in [4.78, 5) is 13.6. The van der Waals surface area contributed by atoms with Gasteiger partial charge in [0.15, 0.2) is 0 Å². The van der Waals surface area contributed by atoms with E-state index in [0.717, 1.165) is 13.0 Å². The first-order valence-corrected chi connectivity index (χ1v) is 6.18. The van der Waals surface area contributed by atoms with Crippen molar-refractivity contribution in [2.24, 2.45) is 0 Å². The number of rotatable bonds is 4. The van der Waals surface area contributed by atoms with E-state index >= 15 is 0 Å². The lowest BCUT2D eigenvalue weighted by molar-refractivity contribution is -0.131. The van der Waals surface area contributed by atoms with Gasteiger partial charge in [0.2, 0.25) is 5.91 Å². The Kier molecular flexibility index (Phi) is 3.52. The van der Waals surface area contributed by atoms with Crippen LogP contribution in [0.15, 0.2) is 24.5 Å². The molecule has 1 aromatic rings.